The van der Waals surface area contributed by atoms with Gasteiger partial charge in [0.1, 0.15) is 12.1 Å². The molecule has 0 unspecified atom stereocenters. The van der Waals surface area contributed by atoms with Crippen LogP contribution >= 0.6 is 0 Å². The Balaban J connectivity index is 2.02. The van der Waals surface area contributed by atoms with E-state index in [1.807, 2.05) is 0 Å². The predicted octanol–water partition coefficient (Wildman–Crippen LogP) is 1.46. The smallest absolute Gasteiger partial charge is 0.132 e. The maximum absolute atomic E-state index is 5.86. The van der Waals surface area contributed by atoms with E-state index in [9.17, 15) is 0 Å². The molecule has 1 aliphatic heterocycles. The van der Waals surface area contributed by atoms with Crippen molar-refractivity contribution in [1.82, 2.24) is 14.9 Å². The second-order valence-corrected chi connectivity index (χ2v) is 6.45. The first-order valence-electron chi connectivity index (χ1n) is 7.46. The third-order valence-electron chi connectivity index (χ3n) is 4.22. The maximum Gasteiger partial charge on any atom is 0.132 e. The molecule has 0 amide bonds. The molecule has 0 aromatic carbocycles. The minimum Gasteiger partial charge on any atom is -0.354 e. The zero-order valence-electron chi connectivity index (χ0n) is 13.1. The number of hydrogen-bond acceptors (Lipinski definition) is 5. The van der Waals surface area contributed by atoms with Gasteiger partial charge >= 0.3 is 0 Å². The molecule has 1 saturated heterocycles. The van der Waals surface area contributed by atoms with Crippen LogP contribution in [-0.2, 0) is 0 Å². The number of anilines is 1. The van der Waals surface area contributed by atoms with Crippen molar-refractivity contribution in [2.75, 3.05) is 37.6 Å². The molecule has 5 heteroatoms. The predicted molar refractivity (Wildman–Crippen MR) is 83.0 cm³/mol. The summed E-state index contributed by atoms with van der Waals surface area (Å²) in [6.45, 7) is 13.5. The molecule has 2 N–H and O–H groups in total. The molecule has 20 heavy (non-hydrogen) atoms. The van der Waals surface area contributed by atoms with E-state index in [0.29, 0.717) is 12.5 Å². The van der Waals surface area contributed by atoms with E-state index in [4.69, 9.17) is 5.73 Å². The van der Waals surface area contributed by atoms with Crippen molar-refractivity contribution in [1.29, 1.82) is 0 Å². The Morgan fingerprint density at radius 3 is 2.40 bits per heavy atom. The summed E-state index contributed by atoms with van der Waals surface area (Å²) in [5.74, 6) is 1.49. The van der Waals surface area contributed by atoms with E-state index in [0.717, 1.165) is 37.7 Å². The van der Waals surface area contributed by atoms with Crippen molar-refractivity contribution >= 4 is 5.82 Å². The van der Waals surface area contributed by atoms with Gasteiger partial charge in [-0.1, -0.05) is 13.8 Å². The second kappa shape index (κ2) is 6.06. The summed E-state index contributed by atoms with van der Waals surface area (Å²) in [7, 11) is 0. The molecule has 1 aromatic rings. The van der Waals surface area contributed by atoms with E-state index in [1.54, 1.807) is 6.33 Å². The van der Waals surface area contributed by atoms with Gasteiger partial charge in [0.05, 0.1) is 0 Å². The molecule has 0 bridgehead atoms. The molecule has 0 radical (unpaired) electrons. The van der Waals surface area contributed by atoms with Crippen LogP contribution in [0.2, 0.25) is 0 Å². The van der Waals surface area contributed by atoms with Gasteiger partial charge in [0, 0.05) is 50.0 Å². The second-order valence-electron chi connectivity index (χ2n) is 6.45. The van der Waals surface area contributed by atoms with Crippen LogP contribution in [0.1, 0.15) is 39.3 Å². The van der Waals surface area contributed by atoms with Crippen LogP contribution in [0.15, 0.2) is 12.4 Å². The fourth-order valence-corrected chi connectivity index (χ4v) is 2.52. The summed E-state index contributed by atoms with van der Waals surface area (Å²) < 4.78 is 0. The Labute approximate surface area is 122 Å². The Morgan fingerprint density at radius 1 is 1.20 bits per heavy atom. The van der Waals surface area contributed by atoms with Crippen LogP contribution in [0.25, 0.3) is 0 Å². The quantitative estimate of drug-likeness (QED) is 0.903. The summed E-state index contributed by atoms with van der Waals surface area (Å²) in [6, 6.07) is 2.12. The van der Waals surface area contributed by atoms with E-state index in [-0.39, 0.29) is 5.54 Å². The summed E-state index contributed by atoms with van der Waals surface area (Å²) in [4.78, 5) is 13.6. The Kier molecular flexibility index (Phi) is 4.60. The average Bonchev–Trinajstić information content (AvgIpc) is 2.47. The molecule has 0 saturated carbocycles. The molecule has 2 rings (SSSR count). The highest BCUT2D eigenvalue weighted by Crippen LogP contribution is 2.21. The number of piperazine rings is 1. The Morgan fingerprint density at radius 2 is 1.85 bits per heavy atom. The molecule has 1 fully saturated rings. The van der Waals surface area contributed by atoms with E-state index < -0.39 is 0 Å². The first-order valence-corrected chi connectivity index (χ1v) is 7.46. The van der Waals surface area contributed by atoms with Crippen molar-refractivity contribution in [3.8, 4) is 0 Å². The number of hydrogen-bond donors (Lipinski definition) is 1. The molecule has 1 aromatic heterocycles. The molecule has 2 heterocycles. The van der Waals surface area contributed by atoms with Crippen LogP contribution in [0, 0.1) is 0 Å². The SMILES string of the molecule is CC(C)c1cc(N2CCN(C(C)(C)CN)CC2)ncn1. The zero-order valence-corrected chi connectivity index (χ0v) is 13.1. The summed E-state index contributed by atoms with van der Waals surface area (Å²) in [5, 5.41) is 0. The first kappa shape index (κ1) is 15.2. The average molecular weight is 277 g/mol. The standard InChI is InChI=1S/C15H27N5/c1-12(2)13-9-14(18-11-17-13)19-5-7-20(8-6-19)15(3,4)10-16/h9,11-12H,5-8,10,16H2,1-4H3. The lowest BCUT2D eigenvalue weighted by Crippen LogP contribution is -2.57. The van der Waals surface area contributed by atoms with E-state index >= 15 is 0 Å². The van der Waals surface area contributed by atoms with Crippen molar-refractivity contribution in [3.63, 3.8) is 0 Å². The lowest BCUT2D eigenvalue weighted by Gasteiger charge is -2.43. The van der Waals surface area contributed by atoms with Gasteiger partial charge in [0.2, 0.25) is 0 Å². The van der Waals surface area contributed by atoms with Gasteiger partial charge in [-0.25, -0.2) is 9.97 Å². The van der Waals surface area contributed by atoms with Gasteiger partial charge in [0.25, 0.3) is 0 Å². The van der Waals surface area contributed by atoms with Crippen LogP contribution in [0.4, 0.5) is 5.82 Å². The van der Waals surface area contributed by atoms with Crippen molar-refractivity contribution in [3.05, 3.63) is 18.1 Å². The maximum atomic E-state index is 5.86. The summed E-state index contributed by atoms with van der Waals surface area (Å²) in [5.41, 5.74) is 7.06. The number of aromatic nitrogens is 2. The molecule has 1 aliphatic rings. The van der Waals surface area contributed by atoms with Crippen molar-refractivity contribution < 1.29 is 0 Å². The van der Waals surface area contributed by atoms with Gasteiger partial charge in [-0.3, -0.25) is 4.90 Å². The number of rotatable bonds is 4. The Bertz CT molecular complexity index is 436. The third-order valence-corrected chi connectivity index (χ3v) is 4.22. The third kappa shape index (κ3) is 3.27. The number of nitrogens with two attached hydrogens (primary N) is 1. The molecule has 0 aliphatic carbocycles. The molecule has 5 nitrogen and oxygen atoms in total. The largest absolute Gasteiger partial charge is 0.354 e. The molecular weight excluding hydrogens is 250 g/mol. The topological polar surface area (TPSA) is 58.3 Å². The lowest BCUT2D eigenvalue weighted by molar-refractivity contribution is 0.119. The first-order chi connectivity index (χ1) is 9.44. The highest BCUT2D eigenvalue weighted by molar-refractivity contribution is 5.40. The zero-order chi connectivity index (χ0) is 14.8. The lowest BCUT2D eigenvalue weighted by atomic mass is 10.0. The van der Waals surface area contributed by atoms with Crippen molar-refractivity contribution in [2.45, 2.75) is 39.2 Å². The highest BCUT2D eigenvalue weighted by atomic mass is 15.3. The van der Waals surface area contributed by atoms with Gasteiger partial charge < -0.3 is 10.6 Å². The molecule has 0 spiro atoms. The van der Waals surface area contributed by atoms with Crippen LogP contribution < -0.4 is 10.6 Å². The molecule has 112 valence electrons. The summed E-state index contributed by atoms with van der Waals surface area (Å²) >= 11 is 0. The van der Waals surface area contributed by atoms with Gasteiger partial charge in [-0.2, -0.15) is 0 Å². The van der Waals surface area contributed by atoms with Gasteiger partial charge in [0.15, 0.2) is 0 Å². The molecular formula is C15H27N5. The van der Waals surface area contributed by atoms with E-state index in [1.165, 1.54) is 0 Å². The van der Waals surface area contributed by atoms with E-state index in [2.05, 4.69) is 53.5 Å². The monoisotopic (exact) mass is 277 g/mol. The minimum absolute atomic E-state index is 0.0842. The summed E-state index contributed by atoms with van der Waals surface area (Å²) in [6.07, 6.45) is 1.68. The van der Waals surface area contributed by atoms with Crippen LogP contribution in [0.3, 0.4) is 0 Å². The highest BCUT2D eigenvalue weighted by Gasteiger charge is 2.29. The van der Waals surface area contributed by atoms with Crippen LogP contribution in [0.5, 0.6) is 0 Å². The minimum atomic E-state index is 0.0842. The number of nitrogens with zero attached hydrogens (tertiary/aromatic N) is 4. The van der Waals surface area contributed by atoms with Crippen LogP contribution in [-0.4, -0.2) is 53.1 Å². The molecule has 0 atom stereocenters. The van der Waals surface area contributed by atoms with Gasteiger partial charge in [-0.05, 0) is 19.8 Å². The van der Waals surface area contributed by atoms with Gasteiger partial charge in [-0.15, -0.1) is 0 Å². The fraction of sp³-hybridized carbons (Fsp3) is 0.733. The fourth-order valence-electron chi connectivity index (χ4n) is 2.52. The van der Waals surface area contributed by atoms with Crippen molar-refractivity contribution in [2.24, 2.45) is 5.73 Å². The normalized spacial score (nSPS) is 17.8. The Hall–Kier alpha value is -1.20.